The Bertz CT molecular complexity index is 1320. The van der Waals surface area contributed by atoms with Crippen LogP contribution in [0.4, 0.5) is 0 Å². The molecular weight excluding hydrogens is 388 g/mol. The molecule has 3 aromatic carbocycles. The van der Waals surface area contributed by atoms with Gasteiger partial charge in [0.2, 0.25) is 0 Å². The highest BCUT2D eigenvalue weighted by molar-refractivity contribution is 7.90. The van der Waals surface area contributed by atoms with E-state index in [4.69, 9.17) is 0 Å². The molecule has 1 atom stereocenters. The molecule has 1 aliphatic heterocycles. The second-order valence-corrected chi connectivity index (χ2v) is 8.97. The molecule has 0 unspecified atom stereocenters. The quantitative estimate of drug-likeness (QED) is 0.565. The van der Waals surface area contributed by atoms with E-state index in [-0.39, 0.29) is 23.5 Å². The number of aliphatic hydroxyl groups excluding tert-OH is 1. The van der Waals surface area contributed by atoms with Crippen molar-refractivity contribution in [2.45, 2.75) is 17.5 Å². The topological polar surface area (TPSA) is 79.6 Å². The van der Waals surface area contributed by atoms with E-state index >= 15 is 0 Å². The number of β-amino-alcohol motifs (C(OH)–C–C–N with tert-alkyl or cyclic N) is 1. The lowest BCUT2D eigenvalue weighted by Gasteiger charge is -2.20. The normalized spacial score (nSPS) is 16.4. The maximum absolute atomic E-state index is 12.7. The average Bonchev–Trinajstić information content (AvgIpc) is 3.14. The SMILES string of the molecule is O=C1c2ccccc2S(=O)(=O)N1C[C@H](O)Cn1c2ccccc2c2ccccc21. The van der Waals surface area contributed by atoms with Crippen LogP contribution in [0.3, 0.4) is 0 Å². The third-order valence-corrected chi connectivity index (χ3v) is 7.17. The van der Waals surface area contributed by atoms with Crippen molar-refractivity contribution in [2.75, 3.05) is 6.54 Å². The van der Waals surface area contributed by atoms with Gasteiger partial charge in [-0.25, -0.2) is 12.7 Å². The van der Waals surface area contributed by atoms with E-state index in [1.165, 1.54) is 12.1 Å². The second kappa shape index (κ2) is 6.43. The van der Waals surface area contributed by atoms with E-state index in [2.05, 4.69) is 0 Å². The van der Waals surface area contributed by atoms with Crippen LogP contribution >= 0.6 is 0 Å². The molecule has 1 N–H and O–H groups in total. The number of carbonyl (C=O) groups excluding carboxylic acids is 1. The first kappa shape index (κ1) is 17.9. The first-order valence-electron chi connectivity index (χ1n) is 9.28. The van der Waals surface area contributed by atoms with Crippen LogP contribution in [0.5, 0.6) is 0 Å². The molecule has 2 heterocycles. The molecule has 6 nitrogen and oxygen atoms in total. The number of benzene rings is 3. The van der Waals surface area contributed by atoms with E-state index in [9.17, 15) is 18.3 Å². The van der Waals surface area contributed by atoms with Gasteiger partial charge in [-0.15, -0.1) is 0 Å². The summed E-state index contributed by atoms with van der Waals surface area (Å²) in [6, 6.07) is 21.9. The molecule has 7 heteroatoms. The third-order valence-electron chi connectivity index (χ3n) is 5.36. The summed E-state index contributed by atoms with van der Waals surface area (Å²) in [7, 11) is -3.94. The molecule has 0 saturated carbocycles. The number of hydrogen-bond acceptors (Lipinski definition) is 4. The predicted octanol–water partition coefficient (Wildman–Crippen LogP) is 3.00. The van der Waals surface area contributed by atoms with Crippen LogP contribution in [0.2, 0.25) is 0 Å². The summed E-state index contributed by atoms with van der Waals surface area (Å²) in [6.07, 6.45) is -1.05. The minimum atomic E-state index is -3.94. The summed E-state index contributed by atoms with van der Waals surface area (Å²) in [5, 5.41) is 12.9. The van der Waals surface area contributed by atoms with Crippen molar-refractivity contribution in [3.8, 4) is 0 Å². The molecule has 146 valence electrons. The van der Waals surface area contributed by atoms with Gasteiger partial charge < -0.3 is 9.67 Å². The summed E-state index contributed by atoms with van der Waals surface area (Å²) in [6.45, 7) is -0.125. The van der Waals surface area contributed by atoms with Gasteiger partial charge in [0.15, 0.2) is 0 Å². The Kier molecular flexibility index (Phi) is 3.97. The van der Waals surface area contributed by atoms with Crippen molar-refractivity contribution in [1.29, 1.82) is 0 Å². The fourth-order valence-electron chi connectivity index (χ4n) is 4.07. The monoisotopic (exact) mass is 406 g/mol. The molecule has 0 fully saturated rings. The van der Waals surface area contributed by atoms with Gasteiger partial charge in [0.05, 0.1) is 24.8 Å². The van der Waals surface area contributed by atoms with Crippen molar-refractivity contribution in [3.63, 3.8) is 0 Å². The summed E-state index contributed by atoms with van der Waals surface area (Å²) in [5.41, 5.74) is 2.05. The lowest BCUT2D eigenvalue weighted by atomic mass is 10.2. The molecule has 0 spiro atoms. The van der Waals surface area contributed by atoms with Crippen molar-refractivity contribution in [2.24, 2.45) is 0 Å². The Hall–Kier alpha value is -3.16. The van der Waals surface area contributed by atoms with Crippen LogP contribution in [0.15, 0.2) is 77.7 Å². The standard InChI is InChI=1S/C22H18N2O4S/c25-15(14-24-22(26)18-9-3-6-12-21(18)29(24,27)28)13-23-19-10-4-1-7-16(19)17-8-2-5-11-20(17)23/h1-12,15,25H,13-14H2/t15-/m1/s1. The van der Waals surface area contributed by atoms with Gasteiger partial charge in [-0.3, -0.25) is 4.79 Å². The average molecular weight is 406 g/mol. The molecular formula is C22H18N2O4S. The zero-order chi connectivity index (χ0) is 20.2. The maximum Gasteiger partial charge on any atom is 0.269 e. The number of fused-ring (bicyclic) bond motifs is 4. The summed E-state index contributed by atoms with van der Waals surface area (Å²) >= 11 is 0. The third kappa shape index (κ3) is 2.66. The van der Waals surface area contributed by atoms with Crippen LogP contribution in [-0.4, -0.2) is 41.0 Å². The van der Waals surface area contributed by atoms with E-state index in [1.54, 1.807) is 12.1 Å². The van der Waals surface area contributed by atoms with Crippen LogP contribution in [-0.2, 0) is 16.6 Å². The molecule has 0 radical (unpaired) electrons. The number of carbonyl (C=O) groups is 1. The van der Waals surface area contributed by atoms with Crippen molar-refractivity contribution >= 4 is 37.7 Å². The molecule has 5 rings (SSSR count). The van der Waals surface area contributed by atoms with Crippen molar-refractivity contribution in [1.82, 2.24) is 8.87 Å². The number of nitrogens with zero attached hydrogens (tertiary/aromatic N) is 2. The molecule has 4 aromatic rings. The molecule has 0 saturated heterocycles. The summed E-state index contributed by atoms with van der Waals surface area (Å²) < 4.78 is 28.2. The van der Waals surface area contributed by atoms with Gasteiger partial charge in [-0.1, -0.05) is 48.5 Å². The number of para-hydroxylation sites is 2. The molecule has 0 aliphatic carbocycles. The van der Waals surface area contributed by atoms with Gasteiger partial charge in [0.25, 0.3) is 15.9 Å². The van der Waals surface area contributed by atoms with Crippen molar-refractivity contribution < 1.29 is 18.3 Å². The number of aliphatic hydroxyl groups is 1. The number of rotatable bonds is 4. The number of hydrogen-bond donors (Lipinski definition) is 1. The minimum Gasteiger partial charge on any atom is -0.389 e. The van der Waals surface area contributed by atoms with Gasteiger partial charge in [-0.2, -0.15) is 0 Å². The second-order valence-electron chi connectivity index (χ2n) is 7.14. The number of sulfonamides is 1. The van der Waals surface area contributed by atoms with Crippen LogP contribution < -0.4 is 0 Å². The minimum absolute atomic E-state index is 0.00550. The van der Waals surface area contributed by atoms with Crippen molar-refractivity contribution in [3.05, 3.63) is 78.4 Å². The lowest BCUT2D eigenvalue weighted by Crippen LogP contribution is -2.38. The zero-order valence-corrected chi connectivity index (χ0v) is 16.2. The van der Waals surface area contributed by atoms with E-state index < -0.39 is 22.0 Å². The first-order valence-corrected chi connectivity index (χ1v) is 10.7. The lowest BCUT2D eigenvalue weighted by molar-refractivity contribution is 0.0774. The Morgan fingerprint density at radius 3 is 1.97 bits per heavy atom. The Morgan fingerprint density at radius 2 is 1.34 bits per heavy atom. The zero-order valence-electron chi connectivity index (χ0n) is 15.4. The fourth-order valence-corrected chi connectivity index (χ4v) is 5.68. The van der Waals surface area contributed by atoms with E-state index in [0.29, 0.717) is 0 Å². The van der Waals surface area contributed by atoms with Gasteiger partial charge >= 0.3 is 0 Å². The number of aromatic nitrogens is 1. The Balaban J connectivity index is 1.49. The Morgan fingerprint density at radius 1 is 0.793 bits per heavy atom. The summed E-state index contributed by atoms with van der Waals surface area (Å²) in [5.74, 6) is -0.595. The van der Waals surface area contributed by atoms with Gasteiger partial charge in [0.1, 0.15) is 4.90 Å². The number of amides is 1. The van der Waals surface area contributed by atoms with Gasteiger partial charge in [-0.05, 0) is 24.3 Å². The van der Waals surface area contributed by atoms with Crippen LogP contribution in [0.25, 0.3) is 21.8 Å². The highest BCUT2D eigenvalue weighted by atomic mass is 32.2. The Labute approximate surface area is 167 Å². The molecule has 1 amide bonds. The van der Waals surface area contributed by atoms with Crippen LogP contribution in [0.1, 0.15) is 10.4 Å². The molecule has 1 aliphatic rings. The van der Waals surface area contributed by atoms with E-state index in [0.717, 1.165) is 26.1 Å². The predicted molar refractivity (Wildman–Crippen MR) is 110 cm³/mol. The molecule has 0 bridgehead atoms. The van der Waals surface area contributed by atoms with Crippen LogP contribution in [0, 0.1) is 0 Å². The highest BCUT2D eigenvalue weighted by Gasteiger charge is 2.41. The molecule has 1 aromatic heterocycles. The largest absolute Gasteiger partial charge is 0.389 e. The van der Waals surface area contributed by atoms with Gasteiger partial charge in [0, 0.05) is 21.8 Å². The smallest absolute Gasteiger partial charge is 0.269 e. The van der Waals surface area contributed by atoms with E-state index in [1.807, 2.05) is 53.1 Å². The maximum atomic E-state index is 12.7. The highest BCUT2D eigenvalue weighted by Crippen LogP contribution is 2.31. The molecule has 29 heavy (non-hydrogen) atoms. The fraction of sp³-hybridized carbons (Fsp3) is 0.136. The first-order chi connectivity index (χ1) is 14.0. The summed E-state index contributed by atoms with van der Waals surface area (Å²) in [4.78, 5) is 12.6.